The second-order valence-electron chi connectivity index (χ2n) is 6.93. The molecule has 0 aliphatic heterocycles. The maximum Gasteiger partial charge on any atom is 0.316 e. The first kappa shape index (κ1) is 23.1. The van der Waals surface area contributed by atoms with Crippen LogP contribution < -0.4 is 5.32 Å². The summed E-state index contributed by atoms with van der Waals surface area (Å²) in [5.41, 5.74) is 2.92. The maximum atomic E-state index is 12.2. The number of carbonyl (C=O) groups is 2. The number of aryl methyl sites for hydroxylation is 1. The molecule has 0 saturated heterocycles. The summed E-state index contributed by atoms with van der Waals surface area (Å²) in [5.74, 6) is -0.131. The summed E-state index contributed by atoms with van der Waals surface area (Å²) in [6.45, 7) is 4.32. The lowest BCUT2D eigenvalue weighted by atomic mass is 10.1. The van der Waals surface area contributed by atoms with Crippen molar-refractivity contribution in [2.24, 2.45) is 0 Å². The molecule has 0 spiro atoms. The van der Waals surface area contributed by atoms with Crippen LogP contribution in [0.4, 0.5) is 5.13 Å². The quantitative estimate of drug-likeness (QED) is 0.262. The molecule has 0 aliphatic carbocycles. The molecule has 0 bridgehead atoms. The van der Waals surface area contributed by atoms with Crippen molar-refractivity contribution in [3.05, 3.63) is 52.7 Å². The molecule has 0 aliphatic rings. The molecule has 8 nitrogen and oxygen atoms in total. The zero-order valence-electron chi connectivity index (χ0n) is 18.0. The van der Waals surface area contributed by atoms with Gasteiger partial charge in [0.1, 0.15) is 0 Å². The third-order valence-electron chi connectivity index (χ3n) is 4.56. The van der Waals surface area contributed by atoms with Gasteiger partial charge >= 0.3 is 5.97 Å². The van der Waals surface area contributed by atoms with Gasteiger partial charge in [-0.1, -0.05) is 47.7 Å². The minimum atomic E-state index is -0.502. The summed E-state index contributed by atoms with van der Waals surface area (Å²) in [7, 11) is 0. The topological polar surface area (TPSA) is 99.0 Å². The Morgan fingerprint density at radius 3 is 2.70 bits per heavy atom. The van der Waals surface area contributed by atoms with Gasteiger partial charge in [-0.2, -0.15) is 0 Å². The van der Waals surface area contributed by atoms with Crippen LogP contribution in [0.2, 0.25) is 0 Å². The zero-order valence-corrected chi connectivity index (χ0v) is 20.4. The van der Waals surface area contributed by atoms with E-state index in [4.69, 9.17) is 4.74 Å². The summed E-state index contributed by atoms with van der Waals surface area (Å²) in [4.78, 5) is 29.7. The number of thiazole rings is 1. The molecule has 1 N–H and O–H groups in total. The standard InChI is InChI=1S/C22H21N5O3S3/c1-3-27-20(17-5-4-10-31-17)25-26-22(27)33-13-19(29)30-11-18(28)24-21-23-16(12-32-21)15-8-6-14(2)7-9-15/h4-10,12H,3,11,13H2,1-2H3,(H,23,24,28). The van der Waals surface area contributed by atoms with Gasteiger partial charge in [0.25, 0.3) is 5.91 Å². The number of carbonyl (C=O) groups excluding carboxylic acids is 2. The lowest BCUT2D eigenvalue weighted by Crippen LogP contribution is -2.21. The first-order valence-corrected chi connectivity index (χ1v) is 12.9. The average molecular weight is 500 g/mol. The molecule has 3 aromatic heterocycles. The van der Waals surface area contributed by atoms with Crippen LogP contribution >= 0.6 is 34.4 Å². The van der Waals surface area contributed by atoms with Crippen molar-refractivity contribution < 1.29 is 14.3 Å². The predicted molar refractivity (Wildman–Crippen MR) is 132 cm³/mol. The molecule has 0 saturated carbocycles. The van der Waals surface area contributed by atoms with Crippen molar-refractivity contribution >= 4 is 51.4 Å². The van der Waals surface area contributed by atoms with Crippen molar-refractivity contribution in [1.82, 2.24) is 19.7 Å². The Morgan fingerprint density at radius 1 is 1.15 bits per heavy atom. The van der Waals surface area contributed by atoms with E-state index in [0.29, 0.717) is 16.8 Å². The lowest BCUT2D eigenvalue weighted by molar-refractivity contribution is -0.144. The second kappa shape index (κ2) is 10.7. The molecule has 170 valence electrons. The molecule has 4 aromatic rings. The van der Waals surface area contributed by atoms with Crippen molar-refractivity contribution in [2.75, 3.05) is 17.7 Å². The molecule has 0 radical (unpaired) electrons. The molecular formula is C22H21N5O3S3. The first-order valence-electron chi connectivity index (χ1n) is 10.1. The highest BCUT2D eigenvalue weighted by atomic mass is 32.2. The number of thiophene rings is 1. The van der Waals surface area contributed by atoms with Crippen LogP contribution in [-0.2, 0) is 20.9 Å². The van der Waals surface area contributed by atoms with Crippen molar-refractivity contribution in [3.63, 3.8) is 0 Å². The van der Waals surface area contributed by atoms with Crippen LogP contribution in [0.25, 0.3) is 22.0 Å². The number of benzene rings is 1. The van der Waals surface area contributed by atoms with E-state index in [-0.39, 0.29) is 12.4 Å². The molecule has 0 fully saturated rings. The minimum absolute atomic E-state index is 0.0324. The van der Waals surface area contributed by atoms with E-state index in [0.717, 1.165) is 22.0 Å². The number of nitrogens with one attached hydrogen (secondary N) is 1. The molecule has 4 rings (SSSR count). The van der Waals surface area contributed by atoms with Crippen molar-refractivity contribution in [1.29, 1.82) is 0 Å². The van der Waals surface area contributed by atoms with Gasteiger partial charge in [0.05, 0.1) is 16.3 Å². The Labute approximate surface area is 203 Å². The number of nitrogens with zero attached hydrogens (tertiary/aromatic N) is 4. The van der Waals surface area contributed by atoms with Crippen molar-refractivity contribution in [2.45, 2.75) is 25.5 Å². The Bertz CT molecular complexity index is 1230. The number of amides is 1. The molecule has 1 amide bonds. The number of anilines is 1. The van der Waals surface area contributed by atoms with E-state index in [1.54, 1.807) is 11.3 Å². The lowest BCUT2D eigenvalue weighted by Gasteiger charge is -2.06. The normalized spacial score (nSPS) is 10.8. The van der Waals surface area contributed by atoms with E-state index in [9.17, 15) is 9.59 Å². The molecular weight excluding hydrogens is 478 g/mol. The number of thioether (sulfide) groups is 1. The third-order valence-corrected chi connectivity index (χ3v) is 7.12. The van der Waals surface area contributed by atoms with Gasteiger partial charge in [0.2, 0.25) is 0 Å². The smallest absolute Gasteiger partial charge is 0.316 e. The Kier molecular flexibility index (Phi) is 7.53. The largest absolute Gasteiger partial charge is 0.455 e. The SMILES string of the molecule is CCn1c(SCC(=O)OCC(=O)Nc2nc(-c3ccc(C)cc3)cs2)nnc1-c1cccs1. The highest BCUT2D eigenvalue weighted by Gasteiger charge is 2.16. The summed E-state index contributed by atoms with van der Waals surface area (Å²) in [5, 5.41) is 16.0. The van der Waals surface area contributed by atoms with Gasteiger partial charge in [-0.25, -0.2) is 4.98 Å². The Balaban J connectivity index is 1.25. The summed E-state index contributed by atoms with van der Waals surface area (Å²) < 4.78 is 7.05. The number of aromatic nitrogens is 4. The van der Waals surface area contributed by atoms with Gasteiger partial charge in [-0.15, -0.1) is 32.9 Å². The fourth-order valence-electron chi connectivity index (χ4n) is 2.92. The van der Waals surface area contributed by atoms with Gasteiger partial charge in [-0.3, -0.25) is 14.9 Å². The summed E-state index contributed by atoms with van der Waals surface area (Å²) in [6.07, 6.45) is 0. The van der Waals surface area contributed by atoms with E-state index in [2.05, 4.69) is 20.5 Å². The number of rotatable bonds is 9. The molecule has 0 atom stereocenters. The first-order chi connectivity index (χ1) is 16.0. The average Bonchev–Trinajstić information content (AvgIpc) is 3.57. The second-order valence-corrected chi connectivity index (χ2v) is 9.68. The van der Waals surface area contributed by atoms with Gasteiger partial charge < -0.3 is 9.30 Å². The molecule has 33 heavy (non-hydrogen) atoms. The molecule has 11 heteroatoms. The van der Waals surface area contributed by atoms with Crippen LogP contribution in [-0.4, -0.2) is 44.0 Å². The van der Waals surface area contributed by atoms with Gasteiger partial charge in [-0.05, 0) is 25.3 Å². The molecule has 3 heterocycles. The predicted octanol–water partition coefficient (Wildman–Crippen LogP) is 4.73. The fraction of sp³-hybridized carbons (Fsp3) is 0.227. The van der Waals surface area contributed by atoms with E-state index < -0.39 is 11.9 Å². The summed E-state index contributed by atoms with van der Waals surface area (Å²) in [6, 6.07) is 11.9. The monoisotopic (exact) mass is 499 g/mol. The molecule has 1 aromatic carbocycles. The van der Waals surface area contributed by atoms with E-state index in [1.807, 2.05) is 65.6 Å². The highest BCUT2D eigenvalue weighted by molar-refractivity contribution is 7.99. The highest BCUT2D eigenvalue weighted by Crippen LogP contribution is 2.27. The number of ether oxygens (including phenoxy) is 1. The number of esters is 1. The Morgan fingerprint density at radius 2 is 1.97 bits per heavy atom. The van der Waals surface area contributed by atoms with Crippen LogP contribution in [0.15, 0.2) is 52.3 Å². The van der Waals surface area contributed by atoms with E-state index in [1.165, 1.54) is 28.7 Å². The fourth-order valence-corrected chi connectivity index (χ4v) is 5.18. The zero-order chi connectivity index (χ0) is 23.2. The maximum absolute atomic E-state index is 12.2. The Hall–Kier alpha value is -3.02. The van der Waals surface area contributed by atoms with Crippen LogP contribution in [0.1, 0.15) is 12.5 Å². The van der Waals surface area contributed by atoms with E-state index >= 15 is 0 Å². The third kappa shape index (κ3) is 5.86. The molecule has 0 unspecified atom stereocenters. The van der Waals surface area contributed by atoms with Crippen LogP contribution in [0.3, 0.4) is 0 Å². The van der Waals surface area contributed by atoms with Gasteiger partial charge in [0.15, 0.2) is 22.7 Å². The van der Waals surface area contributed by atoms with Gasteiger partial charge in [0, 0.05) is 17.5 Å². The summed E-state index contributed by atoms with van der Waals surface area (Å²) >= 11 is 4.13. The van der Waals surface area contributed by atoms with Crippen LogP contribution in [0, 0.1) is 6.92 Å². The minimum Gasteiger partial charge on any atom is -0.455 e. The van der Waals surface area contributed by atoms with Crippen LogP contribution in [0.5, 0.6) is 0 Å². The number of hydrogen-bond donors (Lipinski definition) is 1. The number of hydrogen-bond acceptors (Lipinski definition) is 9. The van der Waals surface area contributed by atoms with Crippen molar-refractivity contribution in [3.8, 4) is 22.0 Å².